The second kappa shape index (κ2) is 3.83. The molecule has 0 bridgehead atoms. The second-order valence-electron chi connectivity index (χ2n) is 4.02. The van der Waals surface area contributed by atoms with Gasteiger partial charge in [0.2, 0.25) is 0 Å². The summed E-state index contributed by atoms with van der Waals surface area (Å²) in [5, 5.41) is 5.61. The number of benzene rings is 1. The Morgan fingerprint density at radius 3 is 3.12 bits per heavy atom. The number of thiophene rings is 1. The van der Waals surface area contributed by atoms with E-state index in [1.807, 2.05) is 0 Å². The molecule has 0 saturated carbocycles. The topological polar surface area (TPSA) is 21.3 Å². The lowest BCUT2D eigenvalue weighted by Crippen LogP contribution is -2.23. The van der Waals surface area contributed by atoms with Crippen LogP contribution in [-0.4, -0.2) is 6.61 Å². The molecule has 2 nitrogen and oxygen atoms in total. The lowest BCUT2D eigenvalue weighted by molar-refractivity contribution is 0.288. The summed E-state index contributed by atoms with van der Waals surface area (Å²) in [6, 6.07) is 10.8. The van der Waals surface area contributed by atoms with Crippen molar-refractivity contribution in [3.8, 4) is 5.75 Å². The molecule has 1 aliphatic heterocycles. The van der Waals surface area contributed by atoms with Crippen molar-refractivity contribution in [2.45, 2.75) is 13.0 Å². The van der Waals surface area contributed by atoms with Crippen molar-refractivity contribution in [1.29, 1.82) is 0 Å². The molecule has 0 radical (unpaired) electrons. The molecule has 3 rings (SSSR count). The van der Waals surface area contributed by atoms with E-state index in [-0.39, 0.29) is 6.04 Å². The smallest absolute Gasteiger partial charge is 0.142 e. The molecule has 16 heavy (non-hydrogen) atoms. The highest BCUT2D eigenvalue weighted by molar-refractivity contribution is 7.10. The van der Waals surface area contributed by atoms with Crippen LogP contribution in [0.5, 0.6) is 5.75 Å². The normalized spacial score (nSPS) is 18.4. The highest BCUT2D eigenvalue weighted by atomic mass is 32.1. The molecule has 0 amide bonds. The highest BCUT2D eigenvalue weighted by Gasteiger charge is 2.20. The van der Waals surface area contributed by atoms with Gasteiger partial charge in [0.1, 0.15) is 12.4 Å². The van der Waals surface area contributed by atoms with Gasteiger partial charge in [0.05, 0.1) is 11.7 Å². The van der Waals surface area contributed by atoms with Gasteiger partial charge in [-0.15, -0.1) is 11.3 Å². The van der Waals surface area contributed by atoms with E-state index >= 15 is 0 Å². The molecule has 1 aromatic carbocycles. The van der Waals surface area contributed by atoms with Gasteiger partial charge < -0.3 is 10.1 Å². The second-order valence-corrected chi connectivity index (χ2v) is 5.00. The maximum atomic E-state index is 5.78. The summed E-state index contributed by atoms with van der Waals surface area (Å²) in [5.41, 5.74) is 2.32. The highest BCUT2D eigenvalue weighted by Crippen LogP contribution is 2.35. The SMILES string of the molecule is Cc1ccc2c(c1)OCC(c1cccs1)N2. The summed E-state index contributed by atoms with van der Waals surface area (Å²) >= 11 is 1.76. The first-order chi connectivity index (χ1) is 7.83. The van der Waals surface area contributed by atoms with Crippen LogP contribution < -0.4 is 10.1 Å². The Morgan fingerprint density at radius 1 is 1.38 bits per heavy atom. The molecule has 2 heterocycles. The quantitative estimate of drug-likeness (QED) is 0.809. The van der Waals surface area contributed by atoms with Crippen LogP contribution in [0.3, 0.4) is 0 Å². The van der Waals surface area contributed by atoms with Crippen LogP contribution in [-0.2, 0) is 0 Å². The summed E-state index contributed by atoms with van der Waals surface area (Å²) in [4.78, 5) is 1.33. The fourth-order valence-corrected chi connectivity index (χ4v) is 2.68. The molecule has 0 fully saturated rings. The van der Waals surface area contributed by atoms with E-state index in [0.29, 0.717) is 6.61 Å². The van der Waals surface area contributed by atoms with Crippen LogP contribution in [0.4, 0.5) is 5.69 Å². The van der Waals surface area contributed by atoms with Gasteiger partial charge in [-0.2, -0.15) is 0 Å². The molecule has 1 unspecified atom stereocenters. The van der Waals surface area contributed by atoms with Crippen molar-refractivity contribution in [2.75, 3.05) is 11.9 Å². The Labute approximate surface area is 98.9 Å². The number of nitrogens with one attached hydrogen (secondary N) is 1. The molecule has 0 saturated heterocycles. The largest absolute Gasteiger partial charge is 0.489 e. The van der Waals surface area contributed by atoms with Crippen molar-refractivity contribution in [2.24, 2.45) is 0 Å². The van der Waals surface area contributed by atoms with E-state index < -0.39 is 0 Å². The van der Waals surface area contributed by atoms with Crippen molar-refractivity contribution in [3.05, 3.63) is 46.2 Å². The summed E-state index contributed by atoms with van der Waals surface area (Å²) in [6.45, 7) is 2.78. The predicted molar refractivity (Wildman–Crippen MR) is 67.4 cm³/mol. The lowest BCUT2D eigenvalue weighted by Gasteiger charge is -2.27. The number of ether oxygens (including phenoxy) is 1. The molecule has 1 N–H and O–H groups in total. The number of anilines is 1. The maximum absolute atomic E-state index is 5.78. The first-order valence-electron chi connectivity index (χ1n) is 5.36. The Morgan fingerprint density at radius 2 is 2.31 bits per heavy atom. The molecular formula is C13H13NOS. The van der Waals surface area contributed by atoms with Gasteiger partial charge >= 0.3 is 0 Å². The summed E-state index contributed by atoms with van der Waals surface area (Å²) in [5.74, 6) is 0.966. The third-order valence-corrected chi connectivity index (χ3v) is 3.74. The Bertz CT molecular complexity index is 493. The molecular weight excluding hydrogens is 218 g/mol. The zero-order valence-corrected chi connectivity index (χ0v) is 9.88. The van der Waals surface area contributed by atoms with Gasteiger partial charge in [-0.05, 0) is 36.1 Å². The van der Waals surface area contributed by atoms with E-state index in [0.717, 1.165) is 11.4 Å². The van der Waals surface area contributed by atoms with Crippen LogP contribution in [0.15, 0.2) is 35.7 Å². The number of hydrogen-bond acceptors (Lipinski definition) is 3. The number of hydrogen-bond donors (Lipinski definition) is 1. The average molecular weight is 231 g/mol. The Hall–Kier alpha value is -1.48. The fourth-order valence-electron chi connectivity index (χ4n) is 1.91. The van der Waals surface area contributed by atoms with Gasteiger partial charge in [0.25, 0.3) is 0 Å². The van der Waals surface area contributed by atoms with Crippen molar-refractivity contribution < 1.29 is 4.74 Å². The van der Waals surface area contributed by atoms with Gasteiger partial charge in [0, 0.05) is 4.88 Å². The van der Waals surface area contributed by atoms with Crippen molar-refractivity contribution >= 4 is 17.0 Å². The van der Waals surface area contributed by atoms with Gasteiger partial charge in [0.15, 0.2) is 0 Å². The van der Waals surface area contributed by atoms with Crippen LogP contribution in [0.2, 0.25) is 0 Å². The third kappa shape index (κ3) is 1.67. The molecule has 0 spiro atoms. The molecule has 3 heteroatoms. The summed E-state index contributed by atoms with van der Waals surface area (Å²) < 4.78 is 5.78. The Kier molecular flexibility index (Phi) is 2.33. The van der Waals surface area contributed by atoms with Crippen LogP contribution in [0, 0.1) is 6.92 Å². The molecule has 2 aromatic rings. The van der Waals surface area contributed by atoms with Gasteiger partial charge in [-0.1, -0.05) is 12.1 Å². The third-order valence-electron chi connectivity index (χ3n) is 2.76. The summed E-state index contributed by atoms with van der Waals surface area (Å²) in [6.07, 6.45) is 0. The molecule has 0 aliphatic carbocycles. The zero-order chi connectivity index (χ0) is 11.0. The average Bonchev–Trinajstić information content (AvgIpc) is 2.82. The maximum Gasteiger partial charge on any atom is 0.142 e. The van der Waals surface area contributed by atoms with E-state index in [1.54, 1.807) is 11.3 Å². The van der Waals surface area contributed by atoms with Crippen LogP contribution >= 0.6 is 11.3 Å². The standard InChI is InChI=1S/C13H13NOS/c1-9-4-5-10-12(7-9)15-8-11(14-10)13-3-2-6-16-13/h2-7,11,14H,8H2,1H3. The number of rotatable bonds is 1. The van der Waals surface area contributed by atoms with E-state index in [2.05, 4.69) is 48.0 Å². The minimum absolute atomic E-state index is 0.287. The summed E-state index contributed by atoms with van der Waals surface area (Å²) in [7, 11) is 0. The first kappa shape index (κ1) is 9.73. The van der Waals surface area contributed by atoms with Gasteiger partial charge in [-0.25, -0.2) is 0 Å². The van der Waals surface area contributed by atoms with Crippen molar-refractivity contribution in [1.82, 2.24) is 0 Å². The zero-order valence-electron chi connectivity index (χ0n) is 9.07. The van der Waals surface area contributed by atoms with Crippen LogP contribution in [0.1, 0.15) is 16.5 Å². The fraction of sp³-hybridized carbons (Fsp3) is 0.231. The minimum Gasteiger partial charge on any atom is -0.489 e. The molecule has 1 atom stereocenters. The molecule has 1 aliphatic rings. The lowest BCUT2D eigenvalue weighted by atomic mass is 10.1. The van der Waals surface area contributed by atoms with E-state index in [9.17, 15) is 0 Å². The Balaban J connectivity index is 1.89. The van der Waals surface area contributed by atoms with E-state index in [1.165, 1.54) is 10.4 Å². The minimum atomic E-state index is 0.287. The number of aryl methyl sites for hydroxylation is 1. The van der Waals surface area contributed by atoms with E-state index in [4.69, 9.17) is 4.74 Å². The molecule has 82 valence electrons. The first-order valence-corrected chi connectivity index (χ1v) is 6.24. The number of fused-ring (bicyclic) bond motifs is 1. The monoisotopic (exact) mass is 231 g/mol. The van der Waals surface area contributed by atoms with Crippen molar-refractivity contribution in [3.63, 3.8) is 0 Å². The van der Waals surface area contributed by atoms with Gasteiger partial charge in [-0.3, -0.25) is 0 Å². The molecule has 1 aromatic heterocycles. The van der Waals surface area contributed by atoms with Crippen LogP contribution in [0.25, 0.3) is 0 Å². The predicted octanol–water partition coefficient (Wildman–Crippen LogP) is 3.60.